The lowest BCUT2D eigenvalue weighted by Crippen LogP contribution is -2.39. The smallest absolute Gasteiger partial charge is 0.254 e. The molecular formula is C17H21N3OS. The molecule has 0 N–H and O–H groups in total. The van der Waals surface area contributed by atoms with E-state index in [0.717, 1.165) is 31.5 Å². The Bertz CT molecular complexity index is 664. The number of thiophene rings is 1. The highest BCUT2D eigenvalue weighted by Crippen LogP contribution is 2.41. The zero-order chi connectivity index (χ0) is 15.1. The molecule has 116 valence electrons. The van der Waals surface area contributed by atoms with Crippen LogP contribution in [0, 0.1) is 6.92 Å². The summed E-state index contributed by atoms with van der Waals surface area (Å²) in [5.41, 5.74) is 2.10. The summed E-state index contributed by atoms with van der Waals surface area (Å²) in [4.78, 5) is 19.1. The van der Waals surface area contributed by atoms with Crippen LogP contribution in [0.4, 0.5) is 0 Å². The van der Waals surface area contributed by atoms with Gasteiger partial charge in [0.05, 0.1) is 5.56 Å². The van der Waals surface area contributed by atoms with E-state index in [4.69, 9.17) is 0 Å². The number of aryl methyl sites for hydroxylation is 1. The fraction of sp³-hybridized carbons (Fsp3) is 0.529. The predicted octanol–water partition coefficient (Wildman–Crippen LogP) is 3.61. The molecule has 1 saturated carbocycles. The van der Waals surface area contributed by atoms with Crippen LogP contribution in [0.25, 0.3) is 0 Å². The van der Waals surface area contributed by atoms with Crippen LogP contribution in [0.1, 0.15) is 59.5 Å². The molecule has 1 aliphatic carbocycles. The van der Waals surface area contributed by atoms with Crippen molar-refractivity contribution in [1.29, 1.82) is 0 Å². The normalized spacial score (nSPS) is 19.6. The van der Waals surface area contributed by atoms with Crippen LogP contribution in [0.3, 0.4) is 0 Å². The number of carbonyl (C=O) groups is 1. The second-order valence-corrected chi connectivity index (χ2v) is 7.22. The molecular weight excluding hydrogens is 294 g/mol. The molecule has 1 amide bonds. The fourth-order valence-electron chi connectivity index (χ4n) is 3.48. The zero-order valence-corrected chi connectivity index (χ0v) is 13.7. The number of hydrogen-bond donors (Lipinski definition) is 0. The van der Waals surface area contributed by atoms with E-state index in [1.165, 1.54) is 24.4 Å². The summed E-state index contributed by atoms with van der Waals surface area (Å²) in [6.45, 7) is 3.85. The molecule has 2 aromatic heterocycles. The molecule has 0 spiro atoms. The predicted molar refractivity (Wildman–Crippen MR) is 87.4 cm³/mol. The summed E-state index contributed by atoms with van der Waals surface area (Å²) in [6.07, 6.45) is 6.65. The molecule has 2 aromatic rings. The van der Waals surface area contributed by atoms with E-state index in [1.54, 1.807) is 11.3 Å². The SMILES string of the molecule is Cc1cnc(C2CC2)n1C1CCN(C(=O)c2ccsc2)CC1. The highest BCUT2D eigenvalue weighted by Gasteiger charge is 2.32. The first-order valence-corrected chi connectivity index (χ1v) is 9.03. The van der Waals surface area contributed by atoms with Crippen molar-refractivity contribution in [3.8, 4) is 0 Å². The zero-order valence-electron chi connectivity index (χ0n) is 12.9. The minimum absolute atomic E-state index is 0.185. The third-order valence-corrected chi connectivity index (χ3v) is 5.52. The third kappa shape index (κ3) is 2.47. The minimum atomic E-state index is 0.185. The van der Waals surface area contributed by atoms with Gasteiger partial charge >= 0.3 is 0 Å². The summed E-state index contributed by atoms with van der Waals surface area (Å²) < 4.78 is 2.45. The van der Waals surface area contributed by atoms with Gasteiger partial charge < -0.3 is 9.47 Å². The molecule has 2 fully saturated rings. The molecule has 0 atom stereocenters. The van der Waals surface area contributed by atoms with Gasteiger partial charge in [0.1, 0.15) is 5.82 Å². The van der Waals surface area contributed by atoms with Gasteiger partial charge in [0.2, 0.25) is 0 Å². The van der Waals surface area contributed by atoms with Gasteiger partial charge in [-0.05, 0) is 44.1 Å². The Hall–Kier alpha value is -1.62. The van der Waals surface area contributed by atoms with Crippen LogP contribution in [0.2, 0.25) is 0 Å². The first kappa shape index (κ1) is 14.0. The van der Waals surface area contributed by atoms with Crippen molar-refractivity contribution in [2.45, 2.75) is 44.6 Å². The molecule has 22 heavy (non-hydrogen) atoms. The molecule has 0 aromatic carbocycles. The molecule has 3 heterocycles. The van der Waals surface area contributed by atoms with Crippen molar-refractivity contribution < 1.29 is 4.79 Å². The van der Waals surface area contributed by atoms with Gasteiger partial charge in [-0.3, -0.25) is 4.79 Å². The molecule has 2 aliphatic rings. The molecule has 0 bridgehead atoms. The number of rotatable bonds is 3. The molecule has 0 radical (unpaired) electrons. The molecule has 1 saturated heterocycles. The van der Waals surface area contributed by atoms with Crippen molar-refractivity contribution in [2.24, 2.45) is 0 Å². The van der Waals surface area contributed by atoms with Gasteiger partial charge in [-0.15, -0.1) is 0 Å². The molecule has 4 nitrogen and oxygen atoms in total. The Kier molecular flexibility index (Phi) is 3.53. The average molecular weight is 315 g/mol. The second kappa shape index (κ2) is 5.54. The number of piperidine rings is 1. The largest absolute Gasteiger partial charge is 0.338 e. The molecule has 4 rings (SSSR count). The van der Waals surface area contributed by atoms with Crippen LogP contribution < -0.4 is 0 Å². The fourth-order valence-corrected chi connectivity index (χ4v) is 4.11. The third-order valence-electron chi connectivity index (χ3n) is 4.84. The first-order chi connectivity index (χ1) is 10.7. The quantitative estimate of drug-likeness (QED) is 0.868. The maximum Gasteiger partial charge on any atom is 0.254 e. The number of hydrogen-bond acceptors (Lipinski definition) is 3. The van der Waals surface area contributed by atoms with Crippen LogP contribution in [0.5, 0.6) is 0 Å². The Morgan fingerprint density at radius 3 is 2.68 bits per heavy atom. The van der Waals surface area contributed by atoms with Crippen LogP contribution in [-0.4, -0.2) is 33.4 Å². The van der Waals surface area contributed by atoms with Gasteiger partial charge in [-0.1, -0.05) is 0 Å². The van der Waals surface area contributed by atoms with Gasteiger partial charge in [-0.25, -0.2) is 4.98 Å². The van der Waals surface area contributed by atoms with Crippen molar-refractivity contribution in [1.82, 2.24) is 14.5 Å². The van der Waals surface area contributed by atoms with Crippen molar-refractivity contribution >= 4 is 17.2 Å². The van der Waals surface area contributed by atoms with Gasteiger partial charge in [0, 0.05) is 42.3 Å². The van der Waals surface area contributed by atoms with Crippen molar-refractivity contribution in [3.05, 3.63) is 40.1 Å². The molecule has 0 unspecified atom stereocenters. The summed E-state index contributed by atoms with van der Waals surface area (Å²) in [7, 11) is 0. The van der Waals surface area contributed by atoms with Gasteiger partial charge in [0.25, 0.3) is 5.91 Å². The summed E-state index contributed by atoms with van der Waals surface area (Å²) in [6, 6.07) is 2.43. The van der Waals surface area contributed by atoms with E-state index in [0.29, 0.717) is 12.0 Å². The van der Waals surface area contributed by atoms with Gasteiger partial charge in [-0.2, -0.15) is 11.3 Å². The Morgan fingerprint density at radius 1 is 1.27 bits per heavy atom. The Labute approximate surface area is 134 Å². The van der Waals surface area contributed by atoms with Crippen molar-refractivity contribution in [3.63, 3.8) is 0 Å². The lowest BCUT2D eigenvalue weighted by molar-refractivity contribution is 0.0693. The maximum atomic E-state index is 12.4. The monoisotopic (exact) mass is 315 g/mol. The van der Waals surface area contributed by atoms with Crippen LogP contribution in [-0.2, 0) is 0 Å². The van der Waals surface area contributed by atoms with E-state index >= 15 is 0 Å². The first-order valence-electron chi connectivity index (χ1n) is 8.09. The summed E-state index contributed by atoms with van der Waals surface area (Å²) in [5.74, 6) is 2.14. The van der Waals surface area contributed by atoms with Crippen molar-refractivity contribution in [2.75, 3.05) is 13.1 Å². The Balaban J connectivity index is 1.46. The second-order valence-electron chi connectivity index (χ2n) is 6.44. The van der Waals surface area contributed by atoms with E-state index < -0.39 is 0 Å². The minimum Gasteiger partial charge on any atom is -0.338 e. The highest BCUT2D eigenvalue weighted by molar-refractivity contribution is 7.08. The Morgan fingerprint density at radius 2 is 2.05 bits per heavy atom. The lowest BCUT2D eigenvalue weighted by atomic mass is 10.0. The number of imidazole rings is 1. The topological polar surface area (TPSA) is 38.1 Å². The van der Waals surface area contributed by atoms with E-state index in [1.807, 2.05) is 27.9 Å². The highest BCUT2D eigenvalue weighted by atomic mass is 32.1. The number of nitrogens with zero attached hydrogens (tertiary/aromatic N) is 3. The number of carbonyl (C=O) groups excluding carboxylic acids is 1. The number of amides is 1. The van der Waals surface area contributed by atoms with E-state index in [9.17, 15) is 4.79 Å². The standard InChI is InChI=1S/C17H21N3OS/c1-12-10-18-16(13-2-3-13)20(12)15-4-7-19(8-5-15)17(21)14-6-9-22-11-14/h6,9-11,13,15H,2-5,7-8H2,1H3. The molecule has 5 heteroatoms. The van der Waals surface area contributed by atoms with Crippen LogP contribution in [0.15, 0.2) is 23.0 Å². The average Bonchev–Trinajstić information content (AvgIpc) is 3.09. The van der Waals surface area contributed by atoms with Crippen LogP contribution >= 0.6 is 11.3 Å². The number of aromatic nitrogens is 2. The van der Waals surface area contributed by atoms with E-state index in [2.05, 4.69) is 16.5 Å². The molecule has 1 aliphatic heterocycles. The lowest BCUT2D eigenvalue weighted by Gasteiger charge is -2.34. The summed E-state index contributed by atoms with van der Waals surface area (Å²) in [5, 5.41) is 3.91. The summed E-state index contributed by atoms with van der Waals surface area (Å²) >= 11 is 1.58. The van der Waals surface area contributed by atoms with E-state index in [-0.39, 0.29) is 5.91 Å². The number of likely N-dealkylation sites (tertiary alicyclic amines) is 1. The van der Waals surface area contributed by atoms with Gasteiger partial charge in [0.15, 0.2) is 0 Å². The maximum absolute atomic E-state index is 12.4.